The van der Waals surface area contributed by atoms with Crippen LogP contribution < -0.4 is 10.6 Å². The molecule has 5 saturated heterocycles. The van der Waals surface area contributed by atoms with Gasteiger partial charge in [-0.25, -0.2) is 0 Å². The first-order valence-electron chi connectivity index (χ1n) is 23.0. The van der Waals surface area contributed by atoms with Crippen molar-refractivity contribution in [2.75, 3.05) is 46.8 Å². The van der Waals surface area contributed by atoms with Crippen molar-refractivity contribution in [1.29, 1.82) is 0 Å². The molecule has 5 fully saturated rings. The van der Waals surface area contributed by atoms with Crippen molar-refractivity contribution in [3.05, 3.63) is 0 Å². The standard InChI is InChI=1S/C41H70N2O28/c1-14(48)42-22-27(54)34(69-41-33(60)30(57)35(19(12-47)67-41)70-39-31(58)28(55)24(51)16(9-44)64-39)18(11-46)66-37(22)63-13-20-26(53)36(71-40-32(59)29(56)25(52)17(10-45)65-40)23(43-15(2)49)38(68-20)62-8-6-4-5-7-21(50)61-3/h16-20,22-41,44-47,51-60H,4-13H2,1-3H3,(H,42,48)(H,43,49)/t16-,17-,18-,19-,20-,22-,23-,24+,25+,26+,27-,28+,29+,30-,31-,32-,33-,34-,35+,36-,37-,38+,39-,40+,41+/m1/s1. The fraction of sp³-hybridized carbons (Fsp3) is 0.927. The molecular weight excluding hydrogens is 968 g/mol. The highest BCUT2D eigenvalue weighted by Gasteiger charge is 2.56. The summed E-state index contributed by atoms with van der Waals surface area (Å²) in [5, 5.41) is 154. The molecule has 0 radical (unpaired) electrons. The Morgan fingerprint density at radius 2 is 0.859 bits per heavy atom. The number of carbonyl (C=O) groups excluding carboxylic acids is 3. The van der Waals surface area contributed by atoms with Crippen LogP contribution in [0.4, 0.5) is 0 Å². The molecule has 0 aliphatic carbocycles. The van der Waals surface area contributed by atoms with Gasteiger partial charge in [0.15, 0.2) is 31.5 Å². The number of esters is 1. The van der Waals surface area contributed by atoms with Crippen molar-refractivity contribution in [2.45, 2.75) is 193 Å². The Balaban J connectivity index is 1.33. The summed E-state index contributed by atoms with van der Waals surface area (Å²) in [6, 6.07) is -3.00. The largest absolute Gasteiger partial charge is 0.469 e. The molecule has 5 rings (SSSR count). The average Bonchev–Trinajstić information content (AvgIpc) is 3.34. The Bertz CT molecular complexity index is 1650. The number of methoxy groups -OCH3 is 1. The second-order valence-electron chi connectivity index (χ2n) is 17.7. The summed E-state index contributed by atoms with van der Waals surface area (Å²) in [6.07, 6.45) is -39.3. The first-order chi connectivity index (χ1) is 33.7. The Morgan fingerprint density at radius 1 is 0.437 bits per heavy atom. The lowest BCUT2D eigenvalue weighted by Crippen LogP contribution is -2.69. The average molecular weight is 1040 g/mol. The molecule has 0 unspecified atom stereocenters. The molecule has 0 spiro atoms. The SMILES string of the molecule is COC(=O)CCCCCO[C@H]1O[C@H](CO[C@@H]2O[C@H](CO)[C@@H](O[C@@H]3O[C@H](CO)[C@H](O[C@H]4O[C@H](CO)[C@H](O)[C@H](O)[C@H]4O)[C@H](O)[C@H]3O)[C@H](O)[C@H]2NC(C)=O)[C@H](O)[C@H](O[C@@H]2O[C@H](CO)[C@H](O)[C@H](O)[C@H]2O)[C@H]1NC(C)=O. The summed E-state index contributed by atoms with van der Waals surface area (Å²) in [7, 11) is 1.25. The number of hydrogen-bond donors (Lipinski definition) is 16. The molecule has 0 aromatic carbocycles. The van der Waals surface area contributed by atoms with Crippen molar-refractivity contribution in [3.8, 4) is 0 Å². The highest BCUT2D eigenvalue weighted by atomic mass is 16.8. The first kappa shape index (κ1) is 59.3. The van der Waals surface area contributed by atoms with Crippen LogP contribution in [0.5, 0.6) is 0 Å². The zero-order valence-electron chi connectivity index (χ0n) is 39.0. The second kappa shape index (κ2) is 27.3. The monoisotopic (exact) mass is 1040 g/mol. The van der Waals surface area contributed by atoms with Gasteiger partial charge in [0.1, 0.15) is 122 Å². The maximum absolute atomic E-state index is 12.5. The summed E-state index contributed by atoms with van der Waals surface area (Å²) in [4.78, 5) is 36.7. The van der Waals surface area contributed by atoms with E-state index in [9.17, 15) is 85.9 Å². The van der Waals surface area contributed by atoms with Crippen LogP contribution >= 0.6 is 0 Å². The lowest BCUT2D eigenvalue weighted by molar-refractivity contribution is -0.376. The van der Waals surface area contributed by atoms with Gasteiger partial charge in [-0.1, -0.05) is 6.42 Å². The summed E-state index contributed by atoms with van der Waals surface area (Å²) in [5.74, 6) is -1.85. The maximum atomic E-state index is 12.5. The second-order valence-corrected chi connectivity index (χ2v) is 17.7. The molecule has 0 bridgehead atoms. The number of aliphatic hydroxyl groups excluding tert-OH is 14. The van der Waals surface area contributed by atoms with E-state index >= 15 is 0 Å². The van der Waals surface area contributed by atoms with Crippen LogP contribution in [0.25, 0.3) is 0 Å². The number of unbranched alkanes of at least 4 members (excludes halogenated alkanes) is 2. The molecular formula is C41H70N2O28. The number of ether oxygens (including phenoxy) is 11. The normalized spacial score (nSPS) is 44.2. The van der Waals surface area contributed by atoms with E-state index in [0.717, 1.165) is 13.8 Å². The lowest BCUT2D eigenvalue weighted by Gasteiger charge is -2.49. The molecule has 5 heterocycles. The molecule has 0 aromatic heterocycles. The molecule has 2 amide bonds. The van der Waals surface area contributed by atoms with Crippen LogP contribution in [-0.2, 0) is 66.5 Å². The first-order valence-corrected chi connectivity index (χ1v) is 23.0. The Labute approximate surface area is 405 Å². The van der Waals surface area contributed by atoms with Crippen LogP contribution in [0.1, 0.15) is 39.5 Å². The number of rotatable bonds is 22. The Hall–Kier alpha value is -2.55. The lowest BCUT2D eigenvalue weighted by atomic mass is 9.94. The molecule has 5 aliphatic rings. The van der Waals surface area contributed by atoms with Gasteiger partial charge in [0.05, 0.1) is 40.1 Å². The fourth-order valence-corrected chi connectivity index (χ4v) is 8.71. The zero-order chi connectivity index (χ0) is 52.4. The van der Waals surface area contributed by atoms with Gasteiger partial charge in [-0.05, 0) is 12.8 Å². The van der Waals surface area contributed by atoms with E-state index in [1.807, 2.05) is 0 Å². The van der Waals surface area contributed by atoms with Crippen LogP contribution in [-0.4, -0.2) is 289 Å². The Kier molecular flexibility index (Phi) is 22.8. The van der Waals surface area contributed by atoms with Gasteiger partial charge >= 0.3 is 5.97 Å². The predicted octanol–water partition coefficient (Wildman–Crippen LogP) is -9.88. The minimum absolute atomic E-state index is 0.0537. The molecule has 16 N–H and O–H groups in total. The number of amides is 2. The summed E-state index contributed by atoms with van der Waals surface area (Å²) in [6.45, 7) is -2.12. The minimum atomic E-state index is -2.09. The number of nitrogens with one attached hydrogen (secondary N) is 2. The highest BCUT2D eigenvalue weighted by molar-refractivity contribution is 5.73. The van der Waals surface area contributed by atoms with Gasteiger partial charge in [-0.3, -0.25) is 14.4 Å². The summed E-state index contributed by atoms with van der Waals surface area (Å²) >= 11 is 0. The van der Waals surface area contributed by atoms with E-state index in [-0.39, 0.29) is 13.0 Å². The van der Waals surface area contributed by atoms with Crippen molar-refractivity contribution >= 4 is 17.8 Å². The molecule has 30 heteroatoms. The molecule has 0 saturated carbocycles. The van der Waals surface area contributed by atoms with Gasteiger partial charge in [0.25, 0.3) is 0 Å². The molecule has 412 valence electrons. The van der Waals surface area contributed by atoms with Gasteiger partial charge in [0, 0.05) is 26.9 Å². The zero-order valence-corrected chi connectivity index (χ0v) is 39.0. The van der Waals surface area contributed by atoms with Crippen molar-refractivity contribution in [3.63, 3.8) is 0 Å². The third-order valence-electron chi connectivity index (χ3n) is 12.6. The van der Waals surface area contributed by atoms with E-state index in [0.29, 0.717) is 19.3 Å². The third kappa shape index (κ3) is 14.4. The summed E-state index contributed by atoms with van der Waals surface area (Å²) < 4.78 is 62.7. The van der Waals surface area contributed by atoms with Crippen LogP contribution in [0, 0.1) is 0 Å². The number of carbonyl (C=O) groups is 3. The van der Waals surface area contributed by atoms with E-state index in [1.54, 1.807) is 0 Å². The van der Waals surface area contributed by atoms with Crippen LogP contribution in [0.15, 0.2) is 0 Å². The highest BCUT2D eigenvalue weighted by Crippen LogP contribution is 2.35. The van der Waals surface area contributed by atoms with Crippen molar-refractivity contribution in [1.82, 2.24) is 10.6 Å². The van der Waals surface area contributed by atoms with Gasteiger partial charge in [-0.2, -0.15) is 0 Å². The topological polar surface area (TPSA) is 460 Å². The van der Waals surface area contributed by atoms with E-state index in [4.69, 9.17) is 47.4 Å². The van der Waals surface area contributed by atoms with Gasteiger partial charge < -0.3 is 134 Å². The molecule has 71 heavy (non-hydrogen) atoms. The Morgan fingerprint density at radius 3 is 1.35 bits per heavy atom. The van der Waals surface area contributed by atoms with E-state index < -0.39 is 204 Å². The number of hydrogen-bond acceptors (Lipinski definition) is 28. The summed E-state index contributed by atoms with van der Waals surface area (Å²) in [5.41, 5.74) is 0. The van der Waals surface area contributed by atoms with Crippen molar-refractivity contribution in [2.24, 2.45) is 0 Å². The smallest absolute Gasteiger partial charge is 0.305 e. The molecule has 0 aromatic rings. The molecule has 5 aliphatic heterocycles. The predicted molar refractivity (Wildman–Crippen MR) is 224 cm³/mol. The molecule has 25 atom stereocenters. The molecule has 30 nitrogen and oxygen atoms in total. The quantitative estimate of drug-likeness (QED) is 0.0354. The maximum Gasteiger partial charge on any atom is 0.305 e. The number of aliphatic hydroxyl groups is 14. The van der Waals surface area contributed by atoms with Gasteiger partial charge in [-0.15, -0.1) is 0 Å². The van der Waals surface area contributed by atoms with E-state index in [2.05, 4.69) is 15.4 Å². The van der Waals surface area contributed by atoms with Crippen LogP contribution in [0.2, 0.25) is 0 Å². The minimum Gasteiger partial charge on any atom is -0.469 e. The third-order valence-corrected chi connectivity index (χ3v) is 12.6. The van der Waals surface area contributed by atoms with Crippen molar-refractivity contribution < 1.29 is 138 Å². The fourth-order valence-electron chi connectivity index (χ4n) is 8.71. The van der Waals surface area contributed by atoms with E-state index in [1.165, 1.54) is 7.11 Å². The van der Waals surface area contributed by atoms with Gasteiger partial charge in [0.2, 0.25) is 11.8 Å². The van der Waals surface area contributed by atoms with Crippen LogP contribution in [0.3, 0.4) is 0 Å².